The van der Waals surface area contributed by atoms with Crippen LogP contribution in [-0.4, -0.2) is 33.3 Å². The van der Waals surface area contributed by atoms with E-state index < -0.39 is 11.9 Å². The Morgan fingerprint density at radius 3 is 2.40 bits per heavy atom. The first-order chi connectivity index (χ1) is 11.8. The van der Waals surface area contributed by atoms with Crippen molar-refractivity contribution in [3.8, 4) is 0 Å². The molecule has 0 fully saturated rings. The van der Waals surface area contributed by atoms with Crippen molar-refractivity contribution >= 4 is 11.9 Å². The summed E-state index contributed by atoms with van der Waals surface area (Å²) in [7, 11) is 1.84. The number of aliphatic carboxylic acids is 1. The molecule has 0 saturated carbocycles. The van der Waals surface area contributed by atoms with Gasteiger partial charge < -0.3 is 10.4 Å². The normalized spacial score (nSPS) is 13.3. The molecule has 2 atom stereocenters. The van der Waals surface area contributed by atoms with Crippen molar-refractivity contribution in [2.24, 2.45) is 13.0 Å². The number of carboxylic acid groups (broad SMARTS) is 1. The number of aromatic nitrogens is 2. The van der Waals surface area contributed by atoms with Gasteiger partial charge in [-0.05, 0) is 32.8 Å². The number of hydrogen-bond donors (Lipinski definition) is 2. The van der Waals surface area contributed by atoms with Crippen LogP contribution in [0.25, 0.3) is 0 Å². The third-order valence-electron chi connectivity index (χ3n) is 4.59. The molecule has 0 spiro atoms. The highest BCUT2D eigenvalue weighted by Crippen LogP contribution is 2.23. The molecule has 2 aromatic rings. The Morgan fingerprint density at radius 2 is 1.88 bits per heavy atom. The third kappa shape index (κ3) is 4.47. The summed E-state index contributed by atoms with van der Waals surface area (Å²) < 4.78 is 1.75. The van der Waals surface area contributed by atoms with Gasteiger partial charge in [0.15, 0.2) is 0 Å². The maximum absolute atomic E-state index is 12.5. The summed E-state index contributed by atoms with van der Waals surface area (Å²) in [5, 5.41) is 16.6. The van der Waals surface area contributed by atoms with Gasteiger partial charge in [0.05, 0.1) is 17.5 Å². The molecule has 0 bridgehead atoms. The first kappa shape index (κ1) is 18.7. The molecule has 0 aliphatic rings. The van der Waals surface area contributed by atoms with Crippen molar-refractivity contribution in [1.29, 1.82) is 0 Å². The smallest absolute Gasteiger partial charge is 0.308 e. The van der Waals surface area contributed by atoms with Gasteiger partial charge >= 0.3 is 5.97 Å². The molecular formula is C19H25N3O3. The van der Waals surface area contributed by atoms with Crippen LogP contribution < -0.4 is 5.32 Å². The van der Waals surface area contributed by atoms with Crippen LogP contribution in [0.2, 0.25) is 0 Å². The minimum absolute atomic E-state index is 0.103. The number of carbonyl (C=O) groups excluding carboxylic acids is 1. The van der Waals surface area contributed by atoms with Crippen molar-refractivity contribution in [3.63, 3.8) is 0 Å². The lowest BCUT2D eigenvalue weighted by Gasteiger charge is -2.17. The summed E-state index contributed by atoms with van der Waals surface area (Å²) in [5.41, 5.74) is 3.60. The summed E-state index contributed by atoms with van der Waals surface area (Å²) in [6.45, 7) is 5.72. The van der Waals surface area contributed by atoms with E-state index in [0.717, 1.165) is 22.5 Å². The van der Waals surface area contributed by atoms with E-state index in [4.69, 9.17) is 0 Å². The fourth-order valence-corrected chi connectivity index (χ4v) is 3.07. The van der Waals surface area contributed by atoms with E-state index >= 15 is 0 Å². The largest absolute Gasteiger partial charge is 0.481 e. The second-order valence-electron chi connectivity index (χ2n) is 6.40. The van der Waals surface area contributed by atoms with Crippen LogP contribution in [0.5, 0.6) is 0 Å². The Bertz CT molecular complexity index is 753. The van der Waals surface area contributed by atoms with Crippen LogP contribution in [0.4, 0.5) is 0 Å². The predicted molar refractivity (Wildman–Crippen MR) is 95.4 cm³/mol. The number of aryl methyl sites for hydroxylation is 2. The zero-order valence-electron chi connectivity index (χ0n) is 15.1. The molecule has 0 saturated heterocycles. The van der Waals surface area contributed by atoms with Gasteiger partial charge in [-0.1, -0.05) is 30.3 Å². The van der Waals surface area contributed by atoms with Crippen LogP contribution >= 0.6 is 0 Å². The van der Waals surface area contributed by atoms with Crippen LogP contribution in [0.15, 0.2) is 30.3 Å². The highest BCUT2D eigenvalue weighted by Gasteiger charge is 2.25. The topological polar surface area (TPSA) is 84.2 Å². The van der Waals surface area contributed by atoms with Crippen molar-refractivity contribution < 1.29 is 14.7 Å². The molecule has 0 aliphatic heterocycles. The first-order valence-corrected chi connectivity index (χ1v) is 8.35. The van der Waals surface area contributed by atoms with Gasteiger partial charge in [-0.3, -0.25) is 14.3 Å². The van der Waals surface area contributed by atoms with Gasteiger partial charge in [0, 0.05) is 24.8 Å². The van der Waals surface area contributed by atoms with Gasteiger partial charge in [0.25, 0.3) is 0 Å². The molecule has 0 aliphatic carbocycles. The maximum Gasteiger partial charge on any atom is 0.308 e. The maximum atomic E-state index is 12.5. The van der Waals surface area contributed by atoms with Crippen LogP contribution in [0.3, 0.4) is 0 Å². The number of hydrogen-bond acceptors (Lipinski definition) is 3. The van der Waals surface area contributed by atoms with Gasteiger partial charge in [-0.2, -0.15) is 5.10 Å². The highest BCUT2D eigenvalue weighted by molar-refractivity contribution is 5.84. The van der Waals surface area contributed by atoms with E-state index in [1.165, 1.54) is 0 Å². The Labute approximate surface area is 147 Å². The molecule has 1 aromatic carbocycles. The molecule has 1 heterocycles. The summed E-state index contributed by atoms with van der Waals surface area (Å²) in [5.74, 6) is -2.13. The van der Waals surface area contributed by atoms with Gasteiger partial charge in [-0.25, -0.2) is 0 Å². The van der Waals surface area contributed by atoms with Gasteiger partial charge in [0.2, 0.25) is 5.91 Å². The van der Waals surface area contributed by atoms with Crippen molar-refractivity contribution in [1.82, 2.24) is 15.1 Å². The molecule has 25 heavy (non-hydrogen) atoms. The van der Waals surface area contributed by atoms with Crippen molar-refractivity contribution in [3.05, 3.63) is 52.8 Å². The monoisotopic (exact) mass is 343 g/mol. The number of nitrogens with zero attached hydrogens (tertiary/aromatic N) is 2. The number of benzene rings is 1. The zero-order valence-corrected chi connectivity index (χ0v) is 15.1. The molecule has 1 amide bonds. The van der Waals surface area contributed by atoms with E-state index in [1.54, 1.807) is 4.68 Å². The molecular weight excluding hydrogens is 318 g/mol. The van der Waals surface area contributed by atoms with Crippen LogP contribution in [0.1, 0.15) is 35.4 Å². The lowest BCUT2D eigenvalue weighted by molar-refractivity contribution is -0.141. The molecule has 1 aromatic heterocycles. The number of carbonyl (C=O) groups is 2. The summed E-state index contributed by atoms with van der Waals surface area (Å²) >= 11 is 0. The molecule has 2 unspecified atom stereocenters. The quantitative estimate of drug-likeness (QED) is 0.807. The number of nitrogens with one attached hydrogen (secondary N) is 1. The predicted octanol–water partition coefficient (Wildman–Crippen LogP) is 2.20. The van der Waals surface area contributed by atoms with Crippen LogP contribution in [-0.2, 0) is 23.1 Å². The molecule has 0 radical (unpaired) electrons. The summed E-state index contributed by atoms with van der Waals surface area (Å²) in [6, 6.07) is 9.43. The second-order valence-corrected chi connectivity index (χ2v) is 6.40. The fraction of sp³-hybridized carbons (Fsp3) is 0.421. The van der Waals surface area contributed by atoms with Gasteiger partial charge in [0.1, 0.15) is 0 Å². The van der Waals surface area contributed by atoms with Crippen LogP contribution in [0, 0.1) is 19.8 Å². The van der Waals surface area contributed by atoms with Crippen molar-refractivity contribution in [2.45, 2.75) is 33.1 Å². The van der Waals surface area contributed by atoms with Crippen molar-refractivity contribution in [2.75, 3.05) is 6.54 Å². The van der Waals surface area contributed by atoms with E-state index in [1.807, 2.05) is 58.2 Å². The molecule has 6 nitrogen and oxygen atoms in total. The lowest BCUT2D eigenvalue weighted by Crippen LogP contribution is -2.36. The second kappa shape index (κ2) is 7.96. The highest BCUT2D eigenvalue weighted by atomic mass is 16.4. The summed E-state index contributed by atoms with van der Waals surface area (Å²) in [6.07, 6.45) is 0.385. The number of amides is 1. The Kier molecular flexibility index (Phi) is 5.96. The minimum atomic E-state index is -0.912. The molecule has 134 valence electrons. The zero-order chi connectivity index (χ0) is 18.6. The standard InChI is InChI=1S/C19H25N3O3/c1-12(17-13(2)21-22(4)14(17)3)18(23)20-11-16(19(24)25)10-15-8-6-5-7-9-15/h5-9,12,16H,10-11H2,1-4H3,(H,20,23)(H,24,25). The number of rotatable bonds is 7. The average molecular weight is 343 g/mol. The number of carboxylic acids is 1. The van der Waals surface area contributed by atoms with E-state index in [9.17, 15) is 14.7 Å². The fourth-order valence-electron chi connectivity index (χ4n) is 3.07. The third-order valence-corrected chi connectivity index (χ3v) is 4.59. The average Bonchev–Trinajstić information content (AvgIpc) is 2.83. The first-order valence-electron chi connectivity index (χ1n) is 8.35. The minimum Gasteiger partial charge on any atom is -0.481 e. The molecule has 6 heteroatoms. The summed E-state index contributed by atoms with van der Waals surface area (Å²) in [4.78, 5) is 24.0. The Balaban J connectivity index is 2.02. The van der Waals surface area contributed by atoms with E-state index in [-0.39, 0.29) is 18.4 Å². The van der Waals surface area contributed by atoms with E-state index in [0.29, 0.717) is 6.42 Å². The van der Waals surface area contributed by atoms with E-state index in [2.05, 4.69) is 10.4 Å². The molecule has 2 rings (SSSR count). The van der Waals surface area contributed by atoms with Gasteiger partial charge in [-0.15, -0.1) is 0 Å². The lowest BCUT2D eigenvalue weighted by atomic mass is 9.96. The molecule has 2 N–H and O–H groups in total. The Hall–Kier alpha value is -2.63. The SMILES string of the molecule is Cc1nn(C)c(C)c1C(C)C(=O)NCC(Cc1ccccc1)C(=O)O. The Morgan fingerprint density at radius 1 is 1.24 bits per heavy atom.